The van der Waals surface area contributed by atoms with E-state index in [1.54, 1.807) is 19.1 Å². The lowest BCUT2D eigenvalue weighted by atomic mass is 9.94. The molecule has 2 aromatic rings. The first-order chi connectivity index (χ1) is 12.4. The minimum absolute atomic E-state index is 0.188. The maximum atomic E-state index is 12.6. The standard InChI is InChI=1S/C18H23ClN4O3/c1-12-21-17(25)23(22-12)13-6-7-15(19)14(10-13)16(24)20-11-18(26)8-4-2-3-5-9-18/h6-7,10,26H,2-5,8-9,11H2,1H3,(H,20,24)(H,21,22,25). The molecule has 1 aromatic heterocycles. The minimum atomic E-state index is -0.869. The fraction of sp³-hybridized carbons (Fsp3) is 0.500. The third kappa shape index (κ3) is 4.16. The first-order valence-electron chi connectivity index (χ1n) is 8.84. The number of rotatable bonds is 4. The normalized spacial score (nSPS) is 16.9. The summed E-state index contributed by atoms with van der Waals surface area (Å²) in [4.78, 5) is 27.1. The first kappa shape index (κ1) is 18.7. The highest BCUT2D eigenvalue weighted by Gasteiger charge is 2.28. The first-order valence-corrected chi connectivity index (χ1v) is 9.22. The molecular formula is C18H23ClN4O3. The van der Waals surface area contributed by atoms with Crippen LogP contribution in [0.4, 0.5) is 0 Å². The van der Waals surface area contributed by atoms with Crippen molar-refractivity contribution in [3.8, 4) is 5.69 Å². The summed E-state index contributed by atoms with van der Waals surface area (Å²) in [6.45, 7) is 1.86. The number of nitrogens with one attached hydrogen (secondary N) is 2. The number of aliphatic hydroxyl groups is 1. The van der Waals surface area contributed by atoms with E-state index in [1.165, 1.54) is 10.7 Å². The molecule has 1 fully saturated rings. The maximum absolute atomic E-state index is 12.6. The lowest BCUT2D eigenvalue weighted by Gasteiger charge is -2.26. The Morgan fingerprint density at radius 3 is 2.65 bits per heavy atom. The molecule has 3 rings (SSSR count). The van der Waals surface area contributed by atoms with Crippen LogP contribution in [-0.2, 0) is 0 Å². The van der Waals surface area contributed by atoms with Gasteiger partial charge in [-0.2, -0.15) is 9.78 Å². The quantitative estimate of drug-likeness (QED) is 0.711. The SMILES string of the molecule is Cc1nn(-c2ccc(Cl)c(C(=O)NCC3(O)CCCCCC3)c2)c(=O)[nH]1. The van der Waals surface area contributed by atoms with E-state index in [-0.39, 0.29) is 28.7 Å². The number of amides is 1. The highest BCUT2D eigenvalue weighted by atomic mass is 35.5. The van der Waals surface area contributed by atoms with E-state index in [1.807, 2.05) is 0 Å². The maximum Gasteiger partial charge on any atom is 0.348 e. The van der Waals surface area contributed by atoms with Crippen LogP contribution in [0.3, 0.4) is 0 Å². The number of H-pyrrole nitrogens is 1. The summed E-state index contributed by atoms with van der Waals surface area (Å²) in [5.74, 6) is 0.0985. The third-order valence-electron chi connectivity index (χ3n) is 4.78. The fourth-order valence-corrected chi connectivity index (χ4v) is 3.53. The third-order valence-corrected chi connectivity index (χ3v) is 5.11. The molecule has 8 heteroatoms. The molecule has 0 unspecified atom stereocenters. The summed E-state index contributed by atoms with van der Waals surface area (Å²) in [7, 11) is 0. The van der Waals surface area contributed by atoms with Crippen molar-refractivity contribution in [2.24, 2.45) is 0 Å². The predicted octanol–water partition coefficient (Wildman–Crippen LogP) is 2.34. The number of carbonyl (C=O) groups excluding carboxylic acids is 1. The zero-order valence-corrected chi connectivity index (χ0v) is 15.5. The van der Waals surface area contributed by atoms with Gasteiger partial charge in [0.2, 0.25) is 0 Å². The topological polar surface area (TPSA) is 100 Å². The summed E-state index contributed by atoms with van der Waals surface area (Å²) in [6.07, 6.45) is 5.52. The Hall–Kier alpha value is -2.12. The van der Waals surface area contributed by atoms with Crippen molar-refractivity contribution >= 4 is 17.5 Å². The molecule has 1 aliphatic carbocycles. The molecule has 26 heavy (non-hydrogen) atoms. The van der Waals surface area contributed by atoms with Gasteiger partial charge in [-0.25, -0.2) is 4.79 Å². The molecule has 1 aromatic carbocycles. The van der Waals surface area contributed by atoms with Crippen molar-refractivity contribution in [2.45, 2.75) is 51.0 Å². The largest absolute Gasteiger partial charge is 0.388 e. The zero-order valence-electron chi connectivity index (χ0n) is 14.7. The number of hydrogen-bond acceptors (Lipinski definition) is 4. The predicted molar refractivity (Wildman–Crippen MR) is 98.9 cm³/mol. The van der Waals surface area contributed by atoms with Gasteiger partial charge >= 0.3 is 5.69 Å². The molecule has 0 aliphatic heterocycles. The van der Waals surface area contributed by atoms with Gasteiger partial charge in [-0.3, -0.25) is 9.78 Å². The molecule has 0 radical (unpaired) electrons. The van der Waals surface area contributed by atoms with Gasteiger partial charge in [0.15, 0.2) is 0 Å². The van der Waals surface area contributed by atoms with Crippen LogP contribution in [0.1, 0.15) is 54.7 Å². The summed E-state index contributed by atoms with van der Waals surface area (Å²) < 4.78 is 1.18. The van der Waals surface area contributed by atoms with Crippen molar-refractivity contribution in [3.05, 3.63) is 45.1 Å². The van der Waals surface area contributed by atoms with Crippen LogP contribution in [0.15, 0.2) is 23.0 Å². The molecule has 1 aliphatic rings. The number of hydrogen-bond donors (Lipinski definition) is 3. The number of halogens is 1. The van der Waals surface area contributed by atoms with Gasteiger partial charge in [0, 0.05) is 6.54 Å². The Kier molecular flexibility index (Phi) is 5.48. The minimum Gasteiger partial charge on any atom is -0.388 e. The molecule has 1 amide bonds. The van der Waals surface area contributed by atoms with E-state index in [0.29, 0.717) is 24.4 Å². The van der Waals surface area contributed by atoms with Crippen molar-refractivity contribution in [1.29, 1.82) is 0 Å². The number of aryl methyl sites for hydroxylation is 1. The number of nitrogens with zero attached hydrogens (tertiary/aromatic N) is 2. The Morgan fingerprint density at radius 1 is 1.35 bits per heavy atom. The van der Waals surface area contributed by atoms with Crippen LogP contribution < -0.4 is 11.0 Å². The molecule has 0 atom stereocenters. The van der Waals surface area contributed by atoms with Gasteiger partial charge in [-0.1, -0.05) is 37.3 Å². The summed E-state index contributed by atoms with van der Waals surface area (Å²) >= 11 is 6.17. The monoisotopic (exact) mass is 378 g/mol. The number of benzene rings is 1. The van der Waals surface area contributed by atoms with Crippen LogP contribution in [0, 0.1) is 6.92 Å². The van der Waals surface area contributed by atoms with E-state index in [9.17, 15) is 14.7 Å². The van der Waals surface area contributed by atoms with Gasteiger partial charge in [-0.05, 0) is 38.0 Å². The molecule has 0 spiro atoms. The number of carbonyl (C=O) groups is 1. The average molecular weight is 379 g/mol. The smallest absolute Gasteiger partial charge is 0.348 e. The highest BCUT2D eigenvalue weighted by Crippen LogP contribution is 2.26. The molecule has 7 nitrogen and oxygen atoms in total. The summed E-state index contributed by atoms with van der Waals surface area (Å²) in [5.41, 5.74) is -0.563. The summed E-state index contributed by atoms with van der Waals surface area (Å²) in [5, 5.41) is 17.8. The average Bonchev–Trinajstić information content (AvgIpc) is 2.80. The lowest BCUT2D eigenvalue weighted by molar-refractivity contribution is 0.0246. The highest BCUT2D eigenvalue weighted by molar-refractivity contribution is 6.33. The molecule has 1 heterocycles. The van der Waals surface area contributed by atoms with Gasteiger partial charge in [0.1, 0.15) is 5.82 Å². The van der Waals surface area contributed by atoms with Gasteiger partial charge in [0.05, 0.1) is 21.9 Å². The molecule has 0 bridgehead atoms. The second kappa shape index (κ2) is 7.63. The van der Waals surface area contributed by atoms with E-state index in [4.69, 9.17) is 11.6 Å². The van der Waals surface area contributed by atoms with Gasteiger partial charge in [-0.15, -0.1) is 0 Å². The molecule has 0 saturated heterocycles. The Bertz CT molecular complexity index is 850. The van der Waals surface area contributed by atoms with E-state index >= 15 is 0 Å². The zero-order chi connectivity index (χ0) is 18.7. The van der Waals surface area contributed by atoms with Crippen molar-refractivity contribution in [1.82, 2.24) is 20.1 Å². The molecule has 1 saturated carbocycles. The van der Waals surface area contributed by atoms with Gasteiger partial charge < -0.3 is 10.4 Å². The van der Waals surface area contributed by atoms with Crippen LogP contribution in [0.5, 0.6) is 0 Å². The number of aromatic nitrogens is 3. The molecular weight excluding hydrogens is 356 g/mol. The number of aromatic amines is 1. The molecule has 140 valence electrons. The Morgan fingerprint density at radius 2 is 2.04 bits per heavy atom. The lowest BCUT2D eigenvalue weighted by Crippen LogP contribution is -2.42. The van der Waals surface area contributed by atoms with Crippen LogP contribution in [0.2, 0.25) is 5.02 Å². The van der Waals surface area contributed by atoms with Gasteiger partial charge in [0.25, 0.3) is 5.91 Å². The van der Waals surface area contributed by atoms with E-state index in [2.05, 4.69) is 15.4 Å². The van der Waals surface area contributed by atoms with Crippen LogP contribution in [-0.4, -0.2) is 37.9 Å². The van der Waals surface area contributed by atoms with E-state index in [0.717, 1.165) is 25.7 Å². The Labute approximate surface area is 156 Å². The van der Waals surface area contributed by atoms with Crippen LogP contribution >= 0.6 is 11.6 Å². The fourth-order valence-electron chi connectivity index (χ4n) is 3.33. The second-order valence-electron chi connectivity index (χ2n) is 6.91. The van der Waals surface area contributed by atoms with Crippen LogP contribution in [0.25, 0.3) is 5.69 Å². The van der Waals surface area contributed by atoms with Crippen molar-refractivity contribution < 1.29 is 9.90 Å². The molecule has 3 N–H and O–H groups in total. The van der Waals surface area contributed by atoms with Crippen molar-refractivity contribution in [3.63, 3.8) is 0 Å². The second-order valence-corrected chi connectivity index (χ2v) is 7.32. The van der Waals surface area contributed by atoms with Crippen molar-refractivity contribution in [2.75, 3.05) is 6.54 Å². The summed E-state index contributed by atoms with van der Waals surface area (Å²) in [6, 6.07) is 4.71. The van der Waals surface area contributed by atoms with E-state index < -0.39 is 5.60 Å². The Balaban J connectivity index is 1.77.